The number of hydrogen-bond acceptors (Lipinski definition) is 5. The van der Waals surface area contributed by atoms with E-state index >= 15 is 0 Å². The Morgan fingerprint density at radius 1 is 1.33 bits per heavy atom. The molecule has 0 aliphatic heterocycles. The number of anilines is 1. The third-order valence-corrected chi connectivity index (χ3v) is 4.45. The summed E-state index contributed by atoms with van der Waals surface area (Å²) in [5, 5.41) is 6.11. The summed E-state index contributed by atoms with van der Waals surface area (Å²) in [7, 11) is 0.253. The Kier molecular flexibility index (Phi) is 5.12. The van der Waals surface area contributed by atoms with Crippen molar-refractivity contribution in [1.82, 2.24) is 19.4 Å². The van der Waals surface area contributed by atoms with Gasteiger partial charge in [0.05, 0.1) is 6.20 Å². The molecule has 8 heteroatoms. The molecule has 3 N–H and O–H groups in total. The molecule has 1 rings (SSSR count). The molecule has 1 heterocycles. The van der Waals surface area contributed by atoms with E-state index in [-0.39, 0.29) is 10.7 Å². The predicted octanol–water partition coefficient (Wildman–Crippen LogP) is -0.0458. The fourth-order valence-electron chi connectivity index (χ4n) is 1.54. The summed E-state index contributed by atoms with van der Waals surface area (Å²) < 4.78 is 26.2. The van der Waals surface area contributed by atoms with Gasteiger partial charge in [-0.2, -0.15) is 9.40 Å². The maximum Gasteiger partial charge on any atom is 0.248 e. The summed E-state index contributed by atoms with van der Waals surface area (Å²) in [6.45, 7) is 3.52. The first-order chi connectivity index (χ1) is 8.39. The number of aromatic nitrogens is 2. The average molecular weight is 275 g/mol. The van der Waals surface area contributed by atoms with Crippen LogP contribution in [-0.2, 0) is 10.0 Å². The molecule has 1 aromatic rings. The van der Waals surface area contributed by atoms with Crippen molar-refractivity contribution >= 4 is 15.8 Å². The van der Waals surface area contributed by atoms with Gasteiger partial charge < -0.3 is 10.6 Å². The van der Waals surface area contributed by atoms with E-state index in [2.05, 4.69) is 10.2 Å². The largest absolute Gasteiger partial charge is 0.383 e. The maximum absolute atomic E-state index is 12.4. The lowest BCUT2D eigenvalue weighted by molar-refractivity contribution is 0.333. The van der Waals surface area contributed by atoms with Gasteiger partial charge in [-0.25, -0.2) is 8.42 Å². The van der Waals surface area contributed by atoms with Crippen molar-refractivity contribution in [3.8, 4) is 0 Å². The number of sulfonamides is 1. The van der Waals surface area contributed by atoms with E-state index in [1.165, 1.54) is 10.5 Å². The van der Waals surface area contributed by atoms with Gasteiger partial charge in [-0.3, -0.25) is 5.10 Å². The van der Waals surface area contributed by atoms with Crippen LogP contribution in [0.4, 0.5) is 5.82 Å². The van der Waals surface area contributed by atoms with E-state index in [4.69, 9.17) is 5.73 Å². The predicted molar refractivity (Wildman–Crippen MR) is 70.6 cm³/mol. The minimum absolute atomic E-state index is 0.0507. The first kappa shape index (κ1) is 14.9. The van der Waals surface area contributed by atoms with Gasteiger partial charge in [0.1, 0.15) is 10.7 Å². The van der Waals surface area contributed by atoms with Crippen molar-refractivity contribution in [2.45, 2.75) is 18.2 Å². The quantitative estimate of drug-likeness (QED) is 0.727. The highest BCUT2D eigenvalue weighted by molar-refractivity contribution is 7.89. The van der Waals surface area contributed by atoms with Gasteiger partial charge in [0, 0.05) is 19.6 Å². The van der Waals surface area contributed by atoms with Crippen molar-refractivity contribution in [1.29, 1.82) is 0 Å². The molecule has 0 aromatic carbocycles. The van der Waals surface area contributed by atoms with Crippen molar-refractivity contribution in [2.24, 2.45) is 0 Å². The fourth-order valence-corrected chi connectivity index (χ4v) is 3.08. The summed E-state index contributed by atoms with van der Waals surface area (Å²) >= 11 is 0. The molecule has 0 atom stereocenters. The first-order valence-corrected chi connectivity index (χ1v) is 7.27. The van der Waals surface area contributed by atoms with Crippen LogP contribution in [0.3, 0.4) is 0 Å². The smallest absolute Gasteiger partial charge is 0.248 e. The number of nitrogens with two attached hydrogens (primary N) is 1. The SMILES string of the molecule is CCCN(CCN(C)C)S(=O)(=O)c1cn[nH]c1N. The lowest BCUT2D eigenvalue weighted by Gasteiger charge is -2.22. The average Bonchev–Trinajstić information content (AvgIpc) is 2.70. The van der Waals surface area contributed by atoms with Crippen LogP contribution < -0.4 is 5.73 Å². The van der Waals surface area contributed by atoms with Gasteiger partial charge in [0.15, 0.2) is 0 Å². The summed E-state index contributed by atoms with van der Waals surface area (Å²) in [5.41, 5.74) is 5.58. The molecule has 0 aliphatic rings. The maximum atomic E-state index is 12.4. The number of likely N-dealkylation sites (N-methyl/N-ethyl adjacent to an activating group) is 1. The van der Waals surface area contributed by atoms with Crippen LogP contribution >= 0.6 is 0 Å². The Bertz CT molecular complexity index is 468. The zero-order valence-corrected chi connectivity index (χ0v) is 11.9. The van der Waals surface area contributed by atoms with E-state index in [0.717, 1.165) is 6.42 Å². The summed E-state index contributed by atoms with van der Waals surface area (Å²) in [4.78, 5) is 1.99. The molecule has 7 nitrogen and oxygen atoms in total. The molecular weight excluding hydrogens is 254 g/mol. The molecule has 18 heavy (non-hydrogen) atoms. The zero-order chi connectivity index (χ0) is 13.8. The highest BCUT2D eigenvalue weighted by Gasteiger charge is 2.27. The Labute approximate surface area is 108 Å². The van der Waals surface area contributed by atoms with E-state index in [1.807, 2.05) is 25.9 Å². The number of H-pyrrole nitrogens is 1. The molecule has 1 aromatic heterocycles. The Hall–Kier alpha value is -1.12. The highest BCUT2D eigenvalue weighted by Crippen LogP contribution is 2.19. The highest BCUT2D eigenvalue weighted by atomic mass is 32.2. The zero-order valence-electron chi connectivity index (χ0n) is 11.0. The molecule has 0 saturated heterocycles. The third kappa shape index (κ3) is 3.44. The van der Waals surface area contributed by atoms with Crippen LogP contribution in [-0.4, -0.2) is 61.5 Å². The molecule has 0 bridgehead atoms. The van der Waals surface area contributed by atoms with Crippen LogP contribution in [0, 0.1) is 0 Å². The van der Waals surface area contributed by atoms with Crippen LogP contribution in [0.1, 0.15) is 13.3 Å². The van der Waals surface area contributed by atoms with E-state index < -0.39 is 10.0 Å². The molecule has 0 radical (unpaired) electrons. The van der Waals surface area contributed by atoms with Gasteiger partial charge in [-0.05, 0) is 20.5 Å². The number of nitrogens with one attached hydrogen (secondary N) is 1. The lowest BCUT2D eigenvalue weighted by Crippen LogP contribution is -2.37. The van der Waals surface area contributed by atoms with E-state index in [0.29, 0.717) is 19.6 Å². The minimum Gasteiger partial charge on any atom is -0.383 e. The summed E-state index contributed by atoms with van der Waals surface area (Å²) in [6.07, 6.45) is 2.01. The second-order valence-corrected chi connectivity index (χ2v) is 6.26. The normalized spacial score (nSPS) is 12.5. The van der Waals surface area contributed by atoms with Crippen molar-refractivity contribution in [2.75, 3.05) is 39.5 Å². The molecule has 0 amide bonds. The molecule has 0 unspecified atom stereocenters. The standard InChI is InChI=1S/C10H21N5O2S/c1-4-5-15(7-6-14(2)3)18(16,17)9-8-12-13-10(9)11/h8H,4-7H2,1-3H3,(H3,11,12,13). The number of nitrogens with zero attached hydrogens (tertiary/aromatic N) is 3. The van der Waals surface area contributed by atoms with Crippen LogP contribution in [0.2, 0.25) is 0 Å². The molecule has 0 fully saturated rings. The van der Waals surface area contributed by atoms with E-state index in [1.54, 1.807) is 0 Å². The molecule has 0 spiro atoms. The summed E-state index contributed by atoms with van der Waals surface area (Å²) in [5.74, 6) is 0.0842. The lowest BCUT2D eigenvalue weighted by atomic mass is 10.4. The van der Waals surface area contributed by atoms with Gasteiger partial charge in [0.2, 0.25) is 10.0 Å². The first-order valence-electron chi connectivity index (χ1n) is 5.83. The Morgan fingerprint density at radius 2 is 2.00 bits per heavy atom. The second-order valence-electron chi connectivity index (χ2n) is 4.36. The second kappa shape index (κ2) is 6.17. The molecule has 0 aliphatic carbocycles. The fraction of sp³-hybridized carbons (Fsp3) is 0.700. The summed E-state index contributed by atoms with van der Waals surface area (Å²) in [6, 6.07) is 0. The third-order valence-electron chi connectivity index (χ3n) is 2.52. The molecule has 104 valence electrons. The molecule has 0 saturated carbocycles. The number of nitrogen functional groups attached to an aromatic ring is 1. The Morgan fingerprint density at radius 3 is 2.44 bits per heavy atom. The number of aromatic amines is 1. The molecular formula is C10H21N5O2S. The number of hydrogen-bond donors (Lipinski definition) is 2. The monoisotopic (exact) mass is 275 g/mol. The van der Waals surface area contributed by atoms with Gasteiger partial charge in [-0.1, -0.05) is 6.92 Å². The topological polar surface area (TPSA) is 95.3 Å². The minimum atomic E-state index is -3.56. The Balaban J connectivity index is 2.94. The van der Waals surface area contributed by atoms with Crippen molar-refractivity contribution < 1.29 is 8.42 Å². The number of rotatable bonds is 7. The van der Waals surface area contributed by atoms with Gasteiger partial charge in [0.25, 0.3) is 0 Å². The van der Waals surface area contributed by atoms with Crippen molar-refractivity contribution in [3.05, 3.63) is 6.20 Å². The van der Waals surface area contributed by atoms with Gasteiger partial charge >= 0.3 is 0 Å². The van der Waals surface area contributed by atoms with Gasteiger partial charge in [-0.15, -0.1) is 0 Å². The van der Waals surface area contributed by atoms with Crippen LogP contribution in [0.5, 0.6) is 0 Å². The van der Waals surface area contributed by atoms with Crippen LogP contribution in [0.25, 0.3) is 0 Å². The van der Waals surface area contributed by atoms with Crippen LogP contribution in [0.15, 0.2) is 11.1 Å². The van der Waals surface area contributed by atoms with Crippen molar-refractivity contribution in [3.63, 3.8) is 0 Å². The van der Waals surface area contributed by atoms with E-state index in [9.17, 15) is 8.42 Å².